The molecule has 1 rings (SSSR count). The van der Waals surface area contributed by atoms with E-state index in [0.717, 1.165) is 0 Å². The Morgan fingerprint density at radius 3 is 2.50 bits per heavy atom. The lowest BCUT2D eigenvalue weighted by atomic mass is 9.83. The molecule has 0 radical (unpaired) electrons. The number of methoxy groups -OCH3 is 1. The summed E-state index contributed by atoms with van der Waals surface area (Å²) in [5.74, 6) is -0.122. The van der Waals surface area contributed by atoms with E-state index in [0.29, 0.717) is 11.3 Å². The van der Waals surface area contributed by atoms with E-state index in [2.05, 4.69) is 5.43 Å². The second kappa shape index (κ2) is 5.35. The number of hydrogen-bond acceptors (Lipinski definition) is 3. The van der Waals surface area contributed by atoms with Crippen molar-refractivity contribution in [3.63, 3.8) is 0 Å². The van der Waals surface area contributed by atoms with Crippen LogP contribution in [-0.4, -0.2) is 32.1 Å². The molecule has 0 unspecified atom stereocenters. The van der Waals surface area contributed by atoms with Gasteiger partial charge in [-0.2, -0.15) is 0 Å². The van der Waals surface area contributed by atoms with Crippen LogP contribution in [0.2, 0.25) is 0 Å². The molecule has 1 N–H and O–H groups in total. The van der Waals surface area contributed by atoms with Crippen molar-refractivity contribution in [2.45, 2.75) is 19.3 Å². The van der Waals surface area contributed by atoms with Crippen molar-refractivity contribution < 1.29 is 13.9 Å². The number of hydrogen-bond donors (Lipinski definition) is 1. The highest BCUT2D eigenvalue weighted by atomic mass is 19.1. The first-order valence-corrected chi connectivity index (χ1v) is 5.61. The summed E-state index contributed by atoms with van der Waals surface area (Å²) in [7, 11) is 4.93. The zero-order valence-corrected chi connectivity index (χ0v) is 11.4. The molecule has 0 saturated carbocycles. The van der Waals surface area contributed by atoms with Crippen LogP contribution in [0.3, 0.4) is 0 Å². The highest BCUT2D eigenvalue weighted by Crippen LogP contribution is 2.32. The number of ether oxygens (including phenoxy) is 1. The highest BCUT2D eigenvalue weighted by Gasteiger charge is 2.33. The van der Waals surface area contributed by atoms with Gasteiger partial charge in [0.15, 0.2) is 0 Å². The van der Waals surface area contributed by atoms with E-state index in [1.165, 1.54) is 25.3 Å². The molecule has 0 atom stereocenters. The molecule has 0 aliphatic rings. The van der Waals surface area contributed by atoms with Crippen LogP contribution in [0.15, 0.2) is 18.2 Å². The number of carbonyl (C=O) groups excluding carboxylic acids is 1. The molecular weight excluding hydrogens is 235 g/mol. The quantitative estimate of drug-likeness (QED) is 0.832. The second-order valence-electron chi connectivity index (χ2n) is 4.80. The van der Waals surface area contributed by atoms with E-state index in [1.807, 2.05) is 0 Å². The Hall–Kier alpha value is -1.62. The van der Waals surface area contributed by atoms with Gasteiger partial charge < -0.3 is 4.74 Å². The molecule has 1 aromatic rings. The molecule has 0 heterocycles. The van der Waals surface area contributed by atoms with E-state index in [9.17, 15) is 9.18 Å². The molecular formula is C13H19FN2O2. The molecule has 5 heteroatoms. The number of halogens is 1. The summed E-state index contributed by atoms with van der Waals surface area (Å²) in [4.78, 5) is 12.1. The van der Waals surface area contributed by atoms with Crippen molar-refractivity contribution >= 4 is 5.91 Å². The third-order valence-electron chi connectivity index (χ3n) is 2.73. The van der Waals surface area contributed by atoms with Crippen LogP contribution in [0.1, 0.15) is 19.4 Å². The summed E-state index contributed by atoms with van der Waals surface area (Å²) in [6, 6.07) is 4.16. The Labute approximate surface area is 107 Å². The minimum Gasteiger partial charge on any atom is -0.496 e. The fourth-order valence-corrected chi connectivity index (χ4v) is 1.63. The Bertz CT molecular complexity index is 445. The average molecular weight is 254 g/mol. The van der Waals surface area contributed by atoms with Crippen LogP contribution < -0.4 is 10.2 Å². The smallest absolute Gasteiger partial charge is 0.244 e. The normalized spacial score (nSPS) is 11.5. The minimum absolute atomic E-state index is 0.226. The predicted octanol–water partition coefficient (Wildman–Crippen LogP) is 1.70. The number of nitrogens with zero attached hydrogens (tertiary/aromatic N) is 1. The monoisotopic (exact) mass is 254 g/mol. The summed E-state index contributed by atoms with van der Waals surface area (Å²) in [6.07, 6.45) is 0. The standard InChI is InChI=1S/C13H19FN2O2/c1-13(2,12(17)15-16(3)4)10-8-9(14)6-7-11(10)18-5/h6-8H,1-5H3,(H,15,17). The molecule has 1 amide bonds. The summed E-state index contributed by atoms with van der Waals surface area (Å²) < 4.78 is 18.5. The van der Waals surface area contributed by atoms with Gasteiger partial charge in [-0.25, -0.2) is 9.40 Å². The van der Waals surface area contributed by atoms with Gasteiger partial charge in [0.05, 0.1) is 12.5 Å². The third-order valence-corrected chi connectivity index (χ3v) is 2.73. The summed E-state index contributed by atoms with van der Waals surface area (Å²) >= 11 is 0. The Morgan fingerprint density at radius 1 is 1.39 bits per heavy atom. The maximum absolute atomic E-state index is 13.3. The van der Waals surface area contributed by atoms with Crippen LogP contribution in [0.25, 0.3) is 0 Å². The molecule has 1 aromatic carbocycles. The Balaban J connectivity index is 3.18. The van der Waals surface area contributed by atoms with Crippen LogP contribution in [0.4, 0.5) is 4.39 Å². The molecule has 4 nitrogen and oxygen atoms in total. The maximum Gasteiger partial charge on any atom is 0.244 e. The molecule has 0 fully saturated rings. The summed E-state index contributed by atoms with van der Waals surface area (Å²) in [5, 5.41) is 1.55. The second-order valence-corrected chi connectivity index (χ2v) is 4.80. The molecule has 0 aliphatic carbocycles. The first-order chi connectivity index (χ1) is 8.28. The molecule has 0 aromatic heterocycles. The fraction of sp³-hybridized carbons (Fsp3) is 0.462. The SMILES string of the molecule is COc1ccc(F)cc1C(C)(C)C(=O)NN(C)C. The lowest BCUT2D eigenvalue weighted by molar-refractivity contribution is -0.129. The number of nitrogens with one attached hydrogen (secondary N) is 1. The molecule has 0 aliphatic heterocycles. The Kier molecular flexibility index (Phi) is 4.29. The highest BCUT2D eigenvalue weighted by molar-refractivity contribution is 5.87. The van der Waals surface area contributed by atoms with E-state index in [-0.39, 0.29) is 5.91 Å². The molecule has 0 saturated heterocycles. The topological polar surface area (TPSA) is 41.6 Å². The van der Waals surface area contributed by atoms with Crippen molar-refractivity contribution in [1.82, 2.24) is 10.4 Å². The van der Waals surface area contributed by atoms with Crippen LogP contribution in [0.5, 0.6) is 5.75 Å². The largest absolute Gasteiger partial charge is 0.496 e. The lowest BCUT2D eigenvalue weighted by Crippen LogP contribution is -2.46. The number of carbonyl (C=O) groups is 1. The zero-order chi connectivity index (χ0) is 13.9. The first-order valence-electron chi connectivity index (χ1n) is 5.61. The third kappa shape index (κ3) is 2.98. The number of rotatable bonds is 4. The van der Waals surface area contributed by atoms with Gasteiger partial charge in [0.25, 0.3) is 0 Å². The van der Waals surface area contributed by atoms with Gasteiger partial charge in [0, 0.05) is 19.7 Å². The van der Waals surface area contributed by atoms with E-state index in [1.54, 1.807) is 33.0 Å². The molecule has 0 spiro atoms. The zero-order valence-electron chi connectivity index (χ0n) is 11.4. The van der Waals surface area contributed by atoms with Gasteiger partial charge in [0.1, 0.15) is 11.6 Å². The van der Waals surface area contributed by atoms with Crippen molar-refractivity contribution in [2.75, 3.05) is 21.2 Å². The van der Waals surface area contributed by atoms with Gasteiger partial charge in [-0.1, -0.05) is 0 Å². The van der Waals surface area contributed by atoms with Gasteiger partial charge in [-0.15, -0.1) is 0 Å². The van der Waals surface area contributed by atoms with E-state index >= 15 is 0 Å². The average Bonchev–Trinajstić information content (AvgIpc) is 2.28. The number of hydrazine groups is 1. The van der Waals surface area contributed by atoms with Gasteiger partial charge in [-0.3, -0.25) is 10.2 Å². The lowest BCUT2D eigenvalue weighted by Gasteiger charge is -2.27. The van der Waals surface area contributed by atoms with Gasteiger partial charge >= 0.3 is 0 Å². The van der Waals surface area contributed by atoms with Gasteiger partial charge in [-0.05, 0) is 32.0 Å². The molecule has 0 bridgehead atoms. The summed E-state index contributed by atoms with van der Waals surface area (Å²) in [6.45, 7) is 3.45. The number of benzene rings is 1. The minimum atomic E-state index is -0.891. The summed E-state index contributed by atoms with van der Waals surface area (Å²) in [5.41, 5.74) is 2.30. The van der Waals surface area contributed by atoms with Crippen molar-refractivity contribution in [3.05, 3.63) is 29.6 Å². The van der Waals surface area contributed by atoms with Crippen LogP contribution in [0, 0.1) is 5.82 Å². The van der Waals surface area contributed by atoms with Crippen molar-refractivity contribution in [1.29, 1.82) is 0 Å². The van der Waals surface area contributed by atoms with Crippen molar-refractivity contribution in [2.24, 2.45) is 0 Å². The molecule has 100 valence electrons. The number of amides is 1. The molecule has 18 heavy (non-hydrogen) atoms. The van der Waals surface area contributed by atoms with Crippen LogP contribution >= 0.6 is 0 Å². The first kappa shape index (κ1) is 14.4. The van der Waals surface area contributed by atoms with E-state index in [4.69, 9.17) is 4.74 Å². The van der Waals surface area contributed by atoms with E-state index < -0.39 is 11.2 Å². The maximum atomic E-state index is 13.3. The van der Waals surface area contributed by atoms with Crippen molar-refractivity contribution in [3.8, 4) is 5.75 Å². The van der Waals surface area contributed by atoms with Gasteiger partial charge in [0.2, 0.25) is 5.91 Å². The van der Waals surface area contributed by atoms with Crippen LogP contribution in [-0.2, 0) is 10.2 Å². The fourth-order valence-electron chi connectivity index (χ4n) is 1.63. The Morgan fingerprint density at radius 2 is 2.00 bits per heavy atom. The predicted molar refractivity (Wildman–Crippen MR) is 67.8 cm³/mol.